The maximum absolute atomic E-state index is 9.72. The molecule has 68 valence electrons. The first-order valence-electron chi connectivity index (χ1n) is 3.61. The molecule has 2 rings (SSSR count). The molecule has 1 N–H and O–H groups in total. The molecule has 0 aliphatic carbocycles. The fourth-order valence-corrected chi connectivity index (χ4v) is 1.85. The third-order valence-corrected chi connectivity index (χ3v) is 2.60. The number of aliphatic hydroxyl groups is 1. The molecule has 0 aliphatic heterocycles. The lowest BCUT2D eigenvalue weighted by molar-refractivity contribution is 0.184. The highest BCUT2D eigenvalue weighted by Gasteiger charge is 2.15. The van der Waals surface area contributed by atoms with Gasteiger partial charge in [-0.15, -0.1) is 0 Å². The molecule has 1 unspecified atom stereocenters. The summed E-state index contributed by atoms with van der Waals surface area (Å²) < 4.78 is 9.83. The fourth-order valence-electron chi connectivity index (χ4n) is 0.984. The average molecular weight is 260 g/mol. The lowest BCUT2D eigenvalue weighted by atomic mass is 10.2. The first kappa shape index (κ1) is 8.93. The molecule has 0 aliphatic rings. The summed E-state index contributed by atoms with van der Waals surface area (Å²) in [6.07, 6.45) is -0.766. The van der Waals surface area contributed by atoms with Crippen LogP contribution in [0.5, 0.6) is 0 Å². The summed E-state index contributed by atoms with van der Waals surface area (Å²) in [6.45, 7) is 0. The van der Waals surface area contributed by atoms with Crippen molar-refractivity contribution in [1.82, 2.24) is 4.37 Å². The molecule has 0 fully saturated rings. The van der Waals surface area contributed by atoms with Crippen molar-refractivity contribution < 1.29 is 9.52 Å². The van der Waals surface area contributed by atoms with Gasteiger partial charge >= 0.3 is 0 Å². The number of furan rings is 1. The molecule has 0 radical (unpaired) electrons. The van der Waals surface area contributed by atoms with Gasteiger partial charge in [0, 0.05) is 5.38 Å². The molecule has 0 amide bonds. The lowest BCUT2D eigenvalue weighted by Gasteiger charge is -2.02. The smallest absolute Gasteiger partial charge is 0.169 e. The van der Waals surface area contributed by atoms with Crippen LogP contribution in [0.3, 0.4) is 0 Å². The molecular weight excluding hydrogens is 254 g/mol. The van der Waals surface area contributed by atoms with E-state index in [2.05, 4.69) is 20.3 Å². The topological polar surface area (TPSA) is 46.3 Å². The number of halogens is 1. The van der Waals surface area contributed by atoms with Gasteiger partial charge in [-0.05, 0) is 45.7 Å². The Balaban J connectivity index is 2.28. The fraction of sp³-hybridized carbons (Fsp3) is 0.125. The number of rotatable bonds is 2. The molecule has 2 aromatic rings. The molecule has 13 heavy (non-hydrogen) atoms. The van der Waals surface area contributed by atoms with E-state index in [1.807, 2.05) is 5.38 Å². The number of hydrogen-bond acceptors (Lipinski definition) is 4. The van der Waals surface area contributed by atoms with Crippen LogP contribution in [-0.2, 0) is 0 Å². The van der Waals surface area contributed by atoms with Crippen molar-refractivity contribution in [2.75, 3.05) is 0 Å². The predicted octanol–water partition coefficient (Wildman–Crippen LogP) is 2.58. The van der Waals surface area contributed by atoms with E-state index >= 15 is 0 Å². The second-order valence-corrected chi connectivity index (χ2v) is 3.92. The van der Waals surface area contributed by atoms with E-state index in [1.54, 1.807) is 18.2 Å². The number of nitrogens with zero attached hydrogens (tertiary/aromatic N) is 1. The van der Waals surface area contributed by atoms with E-state index in [-0.39, 0.29) is 0 Å². The number of aromatic nitrogens is 1. The Morgan fingerprint density at radius 2 is 2.31 bits per heavy atom. The van der Waals surface area contributed by atoms with E-state index in [9.17, 15) is 5.11 Å². The van der Waals surface area contributed by atoms with E-state index in [0.717, 1.165) is 0 Å². The van der Waals surface area contributed by atoms with Gasteiger partial charge in [-0.25, -0.2) is 0 Å². The largest absolute Gasteiger partial charge is 0.451 e. The zero-order chi connectivity index (χ0) is 9.26. The van der Waals surface area contributed by atoms with Crippen LogP contribution in [0, 0.1) is 0 Å². The Morgan fingerprint density at radius 3 is 2.85 bits per heavy atom. The third-order valence-electron chi connectivity index (χ3n) is 1.60. The van der Waals surface area contributed by atoms with Gasteiger partial charge in [-0.3, -0.25) is 0 Å². The number of hydrogen-bond donors (Lipinski definition) is 1. The molecule has 0 saturated heterocycles. The molecule has 2 aromatic heterocycles. The standard InChI is InChI=1S/C8H6BrNO2S/c9-7-2-1-6(12-7)8(11)5-3-4-13-10-5/h1-4,8,11H. The highest BCUT2D eigenvalue weighted by Crippen LogP contribution is 2.25. The van der Waals surface area contributed by atoms with Crippen molar-refractivity contribution in [1.29, 1.82) is 0 Å². The normalized spacial score (nSPS) is 13.1. The van der Waals surface area contributed by atoms with E-state index in [4.69, 9.17) is 4.42 Å². The van der Waals surface area contributed by atoms with Crippen molar-refractivity contribution >= 4 is 27.5 Å². The minimum atomic E-state index is -0.766. The molecule has 0 saturated carbocycles. The summed E-state index contributed by atoms with van der Waals surface area (Å²) in [7, 11) is 0. The lowest BCUT2D eigenvalue weighted by Crippen LogP contribution is -1.97. The van der Waals surface area contributed by atoms with Crippen LogP contribution in [0.15, 0.2) is 32.7 Å². The van der Waals surface area contributed by atoms with E-state index in [0.29, 0.717) is 16.1 Å². The van der Waals surface area contributed by atoms with Gasteiger partial charge in [-0.1, -0.05) is 0 Å². The predicted molar refractivity (Wildman–Crippen MR) is 52.6 cm³/mol. The second kappa shape index (κ2) is 3.61. The van der Waals surface area contributed by atoms with Crippen LogP contribution < -0.4 is 0 Å². The first-order valence-corrected chi connectivity index (χ1v) is 5.24. The number of aliphatic hydroxyl groups excluding tert-OH is 1. The van der Waals surface area contributed by atoms with Crippen LogP contribution in [-0.4, -0.2) is 9.48 Å². The maximum Gasteiger partial charge on any atom is 0.169 e. The van der Waals surface area contributed by atoms with Crippen molar-refractivity contribution in [2.24, 2.45) is 0 Å². The molecule has 0 spiro atoms. The van der Waals surface area contributed by atoms with Gasteiger partial charge < -0.3 is 9.52 Å². The minimum absolute atomic E-state index is 0.498. The summed E-state index contributed by atoms with van der Waals surface area (Å²) in [5, 5.41) is 11.5. The Bertz CT molecular complexity index is 385. The van der Waals surface area contributed by atoms with Crippen LogP contribution in [0.4, 0.5) is 0 Å². The van der Waals surface area contributed by atoms with Crippen molar-refractivity contribution in [3.05, 3.63) is 39.7 Å². The molecule has 2 heterocycles. The monoisotopic (exact) mass is 259 g/mol. The van der Waals surface area contributed by atoms with Crippen molar-refractivity contribution in [3.8, 4) is 0 Å². The third kappa shape index (κ3) is 1.82. The van der Waals surface area contributed by atoms with Gasteiger partial charge in [0.1, 0.15) is 5.76 Å². The Hall–Kier alpha value is -0.650. The molecular formula is C8H6BrNO2S. The summed E-state index contributed by atoms with van der Waals surface area (Å²) in [5.41, 5.74) is 0.617. The van der Waals surface area contributed by atoms with Crippen LogP contribution in [0.1, 0.15) is 17.6 Å². The Labute approximate surface area is 87.3 Å². The minimum Gasteiger partial charge on any atom is -0.451 e. The van der Waals surface area contributed by atoms with Gasteiger partial charge in [0.15, 0.2) is 10.8 Å². The zero-order valence-electron chi connectivity index (χ0n) is 6.48. The van der Waals surface area contributed by atoms with Gasteiger partial charge in [0.2, 0.25) is 0 Å². The average Bonchev–Trinajstić information content (AvgIpc) is 2.72. The van der Waals surface area contributed by atoms with Crippen molar-refractivity contribution in [2.45, 2.75) is 6.10 Å². The molecule has 1 atom stereocenters. The summed E-state index contributed by atoms with van der Waals surface area (Å²) in [4.78, 5) is 0. The van der Waals surface area contributed by atoms with Gasteiger partial charge in [-0.2, -0.15) is 4.37 Å². The Kier molecular flexibility index (Phi) is 2.48. The highest BCUT2D eigenvalue weighted by molar-refractivity contribution is 9.10. The van der Waals surface area contributed by atoms with Crippen LogP contribution in [0.2, 0.25) is 0 Å². The second-order valence-electron chi connectivity index (χ2n) is 2.47. The maximum atomic E-state index is 9.72. The van der Waals surface area contributed by atoms with Crippen LogP contribution in [0.25, 0.3) is 0 Å². The molecule has 5 heteroatoms. The quantitative estimate of drug-likeness (QED) is 0.902. The molecule has 0 bridgehead atoms. The van der Waals surface area contributed by atoms with Crippen molar-refractivity contribution in [3.63, 3.8) is 0 Å². The SMILES string of the molecule is OC(c1ccsn1)c1ccc(Br)o1. The molecule has 3 nitrogen and oxygen atoms in total. The first-order chi connectivity index (χ1) is 6.27. The summed E-state index contributed by atoms with van der Waals surface area (Å²) >= 11 is 4.47. The highest BCUT2D eigenvalue weighted by atomic mass is 79.9. The Morgan fingerprint density at radius 1 is 1.46 bits per heavy atom. The molecule has 0 aromatic carbocycles. The van der Waals surface area contributed by atoms with Crippen LogP contribution >= 0.6 is 27.5 Å². The summed E-state index contributed by atoms with van der Waals surface area (Å²) in [5.74, 6) is 0.498. The van der Waals surface area contributed by atoms with E-state index in [1.165, 1.54) is 11.5 Å². The van der Waals surface area contributed by atoms with E-state index < -0.39 is 6.10 Å². The van der Waals surface area contributed by atoms with Gasteiger partial charge in [0.05, 0.1) is 5.69 Å². The zero-order valence-corrected chi connectivity index (χ0v) is 8.88. The van der Waals surface area contributed by atoms with Gasteiger partial charge in [0.25, 0.3) is 0 Å². The summed E-state index contributed by atoms with van der Waals surface area (Å²) in [6, 6.07) is 5.23.